The maximum absolute atomic E-state index is 5.58. The molecule has 0 aliphatic carbocycles. The van der Waals surface area contributed by atoms with Crippen LogP contribution < -0.4 is 9.80 Å². The van der Waals surface area contributed by atoms with Gasteiger partial charge in [0.1, 0.15) is 23.3 Å². The molecule has 2 aliphatic rings. The summed E-state index contributed by atoms with van der Waals surface area (Å²) in [5, 5.41) is 4.68. The van der Waals surface area contributed by atoms with Crippen LogP contribution in [-0.2, 0) is 12.8 Å². The molecule has 6 heterocycles. The molecule has 7 aromatic carbocycles. The molecule has 0 spiro atoms. The third-order valence-electron chi connectivity index (χ3n) is 12.5. The molecule has 6 nitrogen and oxygen atoms in total. The zero-order chi connectivity index (χ0) is 39.3. The van der Waals surface area contributed by atoms with Crippen LogP contribution in [0.5, 0.6) is 0 Å². The lowest BCUT2D eigenvalue weighted by Crippen LogP contribution is -2.20. The topological polar surface area (TPSA) is 42.1 Å². The van der Waals surface area contributed by atoms with E-state index >= 15 is 0 Å². The van der Waals surface area contributed by atoms with E-state index < -0.39 is 0 Å². The van der Waals surface area contributed by atoms with Crippen molar-refractivity contribution in [3.63, 3.8) is 0 Å². The Hall–Kier alpha value is -7.96. The Kier molecular flexibility index (Phi) is 7.04. The summed E-state index contributed by atoms with van der Waals surface area (Å²) in [4.78, 5) is 15.8. The second kappa shape index (κ2) is 12.8. The summed E-state index contributed by atoms with van der Waals surface area (Å²) >= 11 is 0. The highest BCUT2D eigenvalue weighted by Crippen LogP contribution is 2.46. The van der Waals surface area contributed by atoms with Crippen molar-refractivity contribution >= 4 is 78.0 Å². The Bertz CT molecular complexity index is 3210. The molecular formula is C54H36N6. The van der Waals surface area contributed by atoms with Gasteiger partial charge >= 0.3 is 0 Å². The monoisotopic (exact) mass is 768 g/mol. The highest BCUT2D eigenvalue weighted by molar-refractivity contribution is 6.23. The molecule has 11 aromatic rings. The van der Waals surface area contributed by atoms with Crippen LogP contribution in [0, 0.1) is 0 Å². The first-order valence-corrected chi connectivity index (χ1v) is 20.6. The molecule has 0 bridgehead atoms. The minimum absolute atomic E-state index is 0.854. The number of para-hydroxylation sites is 6. The van der Waals surface area contributed by atoms with E-state index in [2.05, 4.69) is 213 Å². The summed E-state index contributed by atoms with van der Waals surface area (Å²) in [5.74, 6) is 3.46. The zero-order valence-corrected chi connectivity index (χ0v) is 32.6. The maximum Gasteiger partial charge on any atom is 0.140 e. The Morgan fingerprint density at radius 2 is 0.617 bits per heavy atom. The second-order valence-electron chi connectivity index (χ2n) is 15.8. The summed E-state index contributed by atoms with van der Waals surface area (Å²) in [7, 11) is 0. The number of anilines is 6. The number of hydrogen-bond acceptors (Lipinski definition) is 4. The number of nitrogens with zero attached hydrogens (tertiary/aromatic N) is 6. The average Bonchev–Trinajstić information content (AvgIpc) is 3.83. The second-order valence-corrected chi connectivity index (χ2v) is 15.8. The molecule has 13 rings (SSSR count). The van der Waals surface area contributed by atoms with E-state index in [-0.39, 0.29) is 0 Å². The summed E-state index contributed by atoms with van der Waals surface area (Å²) in [5.41, 5.74) is 14.2. The van der Waals surface area contributed by atoms with E-state index in [9.17, 15) is 0 Å². The molecular weight excluding hydrogens is 733 g/mol. The van der Waals surface area contributed by atoms with E-state index in [0.717, 1.165) is 91.7 Å². The van der Waals surface area contributed by atoms with Crippen molar-refractivity contribution in [2.24, 2.45) is 0 Å². The minimum atomic E-state index is 0.854. The van der Waals surface area contributed by atoms with Crippen molar-refractivity contribution in [3.8, 4) is 11.6 Å². The Morgan fingerprint density at radius 3 is 1.02 bits per heavy atom. The standard InChI is InChI=1S/C54H36N6/c1-7-21-43-35(15-1)33-36-16-2-8-22-44(36)57(43)49-27-13-29-51(55-49)59-47-25-11-5-19-39(47)41-31-32-42-40-20-6-12-26-48(40)60(54(42)53(41)59)52-30-14-28-50(56-52)58-45-23-9-3-17-37(45)34-38-18-4-10-24-46(38)58/h1-32H,33-34H2. The lowest BCUT2D eigenvalue weighted by Gasteiger charge is -2.32. The first-order valence-electron chi connectivity index (χ1n) is 20.6. The van der Waals surface area contributed by atoms with Crippen LogP contribution in [0.25, 0.3) is 55.2 Å². The van der Waals surface area contributed by atoms with Crippen LogP contribution in [-0.4, -0.2) is 19.1 Å². The Labute approximate surface area is 346 Å². The summed E-state index contributed by atoms with van der Waals surface area (Å²) in [6.07, 6.45) is 1.79. The fourth-order valence-electron chi connectivity index (χ4n) is 9.98. The van der Waals surface area contributed by atoms with Crippen molar-refractivity contribution in [2.75, 3.05) is 9.80 Å². The average molecular weight is 769 g/mol. The predicted molar refractivity (Wildman–Crippen MR) is 246 cm³/mol. The number of rotatable bonds is 4. The van der Waals surface area contributed by atoms with Gasteiger partial charge in [-0.1, -0.05) is 133 Å². The Morgan fingerprint density at radius 1 is 0.283 bits per heavy atom. The number of hydrogen-bond donors (Lipinski definition) is 0. The van der Waals surface area contributed by atoms with Crippen LogP contribution in [0.1, 0.15) is 22.3 Å². The van der Waals surface area contributed by atoms with Gasteiger partial charge in [-0.2, -0.15) is 0 Å². The highest BCUT2D eigenvalue weighted by Gasteiger charge is 2.28. The first kappa shape index (κ1) is 33.1. The number of aromatic nitrogens is 4. The zero-order valence-electron chi connectivity index (χ0n) is 32.6. The molecule has 0 saturated heterocycles. The van der Waals surface area contributed by atoms with Crippen molar-refractivity contribution in [1.82, 2.24) is 19.1 Å². The van der Waals surface area contributed by atoms with Gasteiger partial charge in [-0.15, -0.1) is 0 Å². The molecule has 282 valence electrons. The van der Waals surface area contributed by atoms with Crippen molar-refractivity contribution in [3.05, 3.63) is 216 Å². The van der Waals surface area contributed by atoms with Gasteiger partial charge in [-0.3, -0.25) is 18.9 Å². The highest BCUT2D eigenvalue weighted by atomic mass is 15.2. The maximum atomic E-state index is 5.58. The molecule has 2 aliphatic heterocycles. The van der Waals surface area contributed by atoms with Gasteiger partial charge in [-0.25, -0.2) is 9.97 Å². The van der Waals surface area contributed by atoms with Crippen LogP contribution in [0.4, 0.5) is 34.4 Å². The van der Waals surface area contributed by atoms with Gasteiger partial charge in [0, 0.05) is 34.4 Å². The largest absolute Gasteiger partial charge is 0.294 e. The van der Waals surface area contributed by atoms with Gasteiger partial charge in [0.05, 0.1) is 44.8 Å². The van der Waals surface area contributed by atoms with E-state index in [1.54, 1.807) is 0 Å². The molecule has 0 saturated carbocycles. The molecule has 4 aromatic heterocycles. The SMILES string of the molecule is c1cc(N2c3ccccc3Cc3ccccc32)nc(-n2c3ccccc3c3ccc4c5ccccc5n(-c5cccc(N6c7ccccc7Cc7ccccc76)n5)c4c32)c1. The quantitative estimate of drug-likeness (QED) is 0.179. The van der Waals surface area contributed by atoms with Crippen molar-refractivity contribution in [1.29, 1.82) is 0 Å². The third-order valence-corrected chi connectivity index (χ3v) is 12.5. The molecule has 60 heavy (non-hydrogen) atoms. The summed E-state index contributed by atoms with van der Waals surface area (Å²) in [6.45, 7) is 0. The molecule has 0 radical (unpaired) electrons. The fourth-order valence-corrected chi connectivity index (χ4v) is 9.98. The van der Waals surface area contributed by atoms with Gasteiger partial charge < -0.3 is 0 Å². The molecule has 0 N–H and O–H groups in total. The van der Waals surface area contributed by atoms with Gasteiger partial charge in [0.2, 0.25) is 0 Å². The third kappa shape index (κ3) is 4.76. The predicted octanol–water partition coefficient (Wildman–Crippen LogP) is 13.4. The first-order chi connectivity index (χ1) is 29.8. The lowest BCUT2D eigenvalue weighted by atomic mass is 9.95. The van der Waals surface area contributed by atoms with Crippen molar-refractivity contribution < 1.29 is 0 Å². The minimum Gasteiger partial charge on any atom is -0.294 e. The summed E-state index contributed by atoms with van der Waals surface area (Å²) < 4.78 is 4.74. The fraction of sp³-hybridized carbons (Fsp3) is 0.0370. The van der Waals surface area contributed by atoms with Gasteiger partial charge in [0.15, 0.2) is 0 Å². The number of pyridine rings is 2. The normalized spacial score (nSPS) is 13.1. The van der Waals surface area contributed by atoms with Crippen LogP contribution >= 0.6 is 0 Å². The molecule has 0 atom stereocenters. The Balaban J connectivity index is 1.08. The van der Waals surface area contributed by atoms with Gasteiger partial charge in [0.25, 0.3) is 0 Å². The molecule has 0 amide bonds. The van der Waals surface area contributed by atoms with Gasteiger partial charge in [-0.05, 0) is 82.9 Å². The molecule has 0 fully saturated rings. The van der Waals surface area contributed by atoms with Crippen LogP contribution in [0.15, 0.2) is 194 Å². The van der Waals surface area contributed by atoms with E-state index in [1.807, 2.05) is 0 Å². The van der Waals surface area contributed by atoms with E-state index in [4.69, 9.17) is 9.97 Å². The smallest absolute Gasteiger partial charge is 0.140 e. The molecule has 0 unspecified atom stereocenters. The number of benzene rings is 7. The lowest BCUT2D eigenvalue weighted by molar-refractivity contribution is 1.02. The summed E-state index contributed by atoms with van der Waals surface area (Å²) in [6, 6.07) is 69.7. The van der Waals surface area contributed by atoms with Crippen LogP contribution in [0.2, 0.25) is 0 Å². The van der Waals surface area contributed by atoms with Crippen molar-refractivity contribution in [2.45, 2.75) is 12.8 Å². The van der Waals surface area contributed by atoms with E-state index in [1.165, 1.54) is 33.0 Å². The number of fused-ring (bicyclic) bond motifs is 11. The molecule has 6 heteroatoms. The van der Waals surface area contributed by atoms with E-state index in [0.29, 0.717) is 0 Å². The van der Waals surface area contributed by atoms with Crippen LogP contribution in [0.3, 0.4) is 0 Å².